The van der Waals surface area contributed by atoms with E-state index in [0.29, 0.717) is 12.8 Å². The number of unbranched alkanes of at least 4 members (excludes halogenated alkanes) is 16. The van der Waals surface area contributed by atoms with Crippen LogP contribution < -0.4 is 5.73 Å². The van der Waals surface area contributed by atoms with Crippen LogP contribution in [0.2, 0.25) is 0 Å². The number of esters is 2. The van der Waals surface area contributed by atoms with Crippen LogP contribution in [0.5, 0.6) is 0 Å². The Labute approximate surface area is 403 Å². The molecule has 66 heavy (non-hydrogen) atoms. The van der Waals surface area contributed by atoms with Crippen molar-refractivity contribution in [2.75, 3.05) is 26.4 Å². The summed E-state index contributed by atoms with van der Waals surface area (Å²) < 4.78 is 32.8. The number of hydrogen-bond acceptors (Lipinski definition) is 8. The summed E-state index contributed by atoms with van der Waals surface area (Å²) >= 11 is 0. The van der Waals surface area contributed by atoms with E-state index in [4.69, 9.17) is 24.3 Å². The van der Waals surface area contributed by atoms with Crippen LogP contribution in [0.4, 0.5) is 0 Å². The standard InChI is InChI=1S/C56H94NO8P/c1-3-5-7-9-11-13-15-17-19-21-22-23-24-25-26-27-28-29-30-31-32-33-35-37-39-41-43-45-47-49-56(59)65-54(53-64-66(60,61)63-51-50-57)52-62-55(58)48-46-44-42-40-38-36-34-20-18-16-14-12-10-8-6-4-2/h5,7,11,13,17,19,22-23,25-26,28-29,31-32,35,37,41,43,54H,3-4,6,8-10,12,14-16,18,20-21,24,27,30,33-34,36,38-40,42,44-53,57H2,1-2H3,(H,60,61)/b7-5-,13-11-,19-17-,23-22-,26-25-,29-28-,32-31-,37-35-,43-41-. The monoisotopic (exact) mass is 940 g/mol. The van der Waals surface area contributed by atoms with Crippen LogP contribution in [0.3, 0.4) is 0 Å². The van der Waals surface area contributed by atoms with Gasteiger partial charge in [0.25, 0.3) is 0 Å². The highest BCUT2D eigenvalue weighted by atomic mass is 31.2. The Kier molecular flexibility index (Phi) is 48.5. The van der Waals surface area contributed by atoms with Gasteiger partial charge in [-0.2, -0.15) is 0 Å². The van der Waals surface area contributed by atoms with Gasteiger partial charge in [-0.15, -0.1) is 0 Å². The van der Waals surface area contributed by atoms with E-state index >= 15 is 0 Å². The zero-order valence-corrected chi connectivity index (χ0v) is 42.5. The number of phosphoric acid groups is 1. The Morgan fingerprint density at radius 3 is 1.23 bits per heavy atom. The van der Waals surface area contributed by atoms with Crippen molar-refractivity contribution in [2.45, 2.75) is 206 Å². The average molecular weight is 940 g/mol. The average Bonchev–Trinajstić information content (AvgIpc) is 3.31. The van der Waals surface area contributed by atoms with E-state index in [1.54, 1.807) is 0 Å². The minimum absolute atomic E-state index is 0.0394. The molecular formula is C56H94NO8P. The molecule has 3 N–H and O–H groups in total. The van der Waals surface area contributed by atoms with Crippen molar-refractivity contribution in [3.05, 3.63) is 109 Å². The molecule has 0 saturated heterocycles. The van der Waals surface area contributed by atoms with Gasteiger partial charge in [0.2, 0.25) is 0 Å². The van der Waals surface area contributed by atoms with Crippen molar-refractivity contribution in [3.8, 4) is 0 Å². The van der Waals surface area contributed by atoms with Crippen LogP contribution in [0.15, 0.2) is 109 Å². The molecule has 10 heteroatoms. The summed E-state index contributed by atoms with van der Waals surface area (Å²) in [6.07, 6.45) is 68.5. The first-order valence-electron chi connectivity index (χ1n) is 25.9. The number of carbonyl (C=O) groups is 2. The maximum absolute atomic E-state index is 12.6. The predicted octanol–water partition coefficient (Wildman–Crippen LogP) is 15.9. The Balaban J connectivity index is 4.19. The minimum atomic E-state index is -4.40. The third-order valence-electron chi connectivity index (χ3n) is 10.4. The van der Waals surface area contributed by atoms with Gasteiger partial charge in [-0.1, -0.05) is 220 Å². The maximum Gasteiger partial charge on any atom is 0.472 e. The number of phosphoric ester groups is 1. The second-order valence-electron chi connectivity index (χ2n) is 16.7. The summed E-state index contributed by atoms with van der Waals surface area (Å²) in [6, 6.07) is 0. The molecular weight excluding hydrogens is 846 g/mol. The van der Waals surface area contributed by atoms with Crippen molar-refractivity contribution in [3.63, 3.8) is 0 Å². The summed E-state index contributed by atoms with van der Waals surface area (Å²) in [6.45, 7) is 3.55. The number of carbonyl (C=O) groups excluding carboxylic acids is 2. The summed E-state index contributed by atoms with van der Waals surface area (Å²) in [5, 5.41) is 0. The molecule has 9 nitrogen and oxygen atoms in total. The summed E-state index contributed by atoms with van der Waals surface area (Å²) in [5.74, 6) is -0.902. The van der Waals surface area contributed by atoms with Crippen LogP contribution in [-0.2, 0) is 32.7 Å². The molecule has 376 valence electrons. The highest BCUT2D eigenvalue weighted by molar-refractivity contribution is 7.47. The minimum Gasteiger partial charge on any atom is -0.462 e. The molecule has 0 saturated carbocycles. The van der Waals surface area contributed by atoms with Crippen molar-refractivity contribution < 1.29 is 37.6 Å². The first kappa shape index (κ1) is 62.7. The summed E-state index contributed by atoms with van der Waals surface area (Å²) in [7, 11) is -4.40. The van der Waals surface area contributed by atoms with E-state index in [9.17, 15) is 19.0 Å². The molecule has 0 heterocycles. The van der Waals surface area contributed by atoms with Crippen LogP contribution in [0.1, 0.15) is 200 Å². The zero-order chi connectivity index (χ0) is 48.1. The number of nitrogens with two attached hydrogens (primary N) is 1. The fourth-order valence-electron chi connectivity index (χ4n) is 6.64. The molecule has 2 atom stereocenters. The Hall–Kier alpha value is -3.33. The number of hydrogen-bond donors (Lipinski definition) is 2. The van der Waals surface area contributed by atoms with Crippen LogP contribution in [0, 0.1) is 0 Å². The highest BCUT2D eigenvalue weighted by Crippen LogP contribution is 2.43. The lowest BCUT2D eigenvalue weighted by molar-refractivity contribution is -0.161. The molecule has 0 aliphatic carbocycles. The lowest BCUT2D eigenvalue weighted by Crippen LogP contribution is -2.29. The largest absolute Gasteiger partial charge is 0.472 e. The number of ether oxygens (including phenoxy) is 2. The first-order chi connectivity index (χ1) is 32.3. The number of rotatable bonds is 47. The lowest BCUT2D eigenvalue weighted by Gasteiger charge is -2.19. The molecule has 0 amide bonds. The van der Waals surface area contributed by atoms with Crippen LogP contribution in [-0.4, -0.2) is 49.3 Å². The van der Waals surface area contributed by atoms with E-state index in [-0.39, 0.29) is 32.6 Å². The van der Waals surface area contributed by atoms with Crippen LogP contribution in [0.25, 0.3) is 0 Å². The summed E-state index contributed by atoms with van der Waals surface area (Å²) in [4.78, 5) is 35.0. The zero-order valence-electron chi connectivity index (χ0n) is 41.6. The smallest absolute Gasteiger partial charge is 0.462 e. The third-order valence-corrected chi connectivity index (χ3v) is 11.4. The summed E-state index contributed by atoms with van der Waals surface area (Å²) in [5.41, 5.74) is 5.36. The second-order valence-corrected chi connectivity index (χ2v) is 18.1. The highest BCUT2D eigenvalue weighted by Gasteiger charge is 2.26. The Morgan fingerprint density at radius 2 is 0.833 bits per heavy atom. The van der Waals surface area contributed by atoms with E-state index in [1.807, 2.05) is 6.08 Å². The van der Waals surface area contributed by atoms with Gasteiger partial charge >= 0.3 is 19.8 Å². The lowest BCUT2D eigenvalue weighted by atomic mass is 10.0. The van der Waals surface area contributed by atoms with E-state index in [0.717, 1.165) is 77.0 Å². The Bertz CT molecular complexity index is 1440. The molecule has 2 unspecified atom stereocenters. The second kappa shape index (κ2) is 51.1. The maximum atomic E-state index is 12.6. The predicted molar refractivity (Wildman–Crippen MR) is 279 cm³/mol. The third kappa shape index (κ3) is 50.1. The number of allylic oxidation sites excluding steroid dienone is 18. The molecule has 0 bridgehead atoms. The van der Waals surface area contributed by atoms with Gasteiger partial charge in [0, 0.05) is 19.4 Å². The molecule has 0 fully saturated rings. The Morgan fingerprint density at radius 1 is 0.470 bits per heavy atom. The van der Waals surface area contributed by atoms with Gasteiger partial charge in [-0.3, -0.25) is 18.6 Å². The topological polar surface area (TPSA) is 134 Å². The van der Waals surface area contributed by atoms with Crippen molar-refractivity contribution in [2.24, 2.45) is 5.73 Å². The van der Waals surface area contributed by atoms with E-state index < -0.39 is 32.5 Å². The van der Waals surface area contributed by atoms with Gasteiger partial charge in [0.15, 0.2) is 6.10 Å². The van der Waals surface area contributed by atoms with Gasteiger partial charge in [-0.25, -0.2) is 4.57 Å². The van der Waals surface area contributed by atoms with Gasteiger partial charge in [0.1, 0.15) is 6.61 Å². The van der Waals surface area contributed by atoms with Crippen molar-refractivity contribution in [1.82, 2.24) is 0 Å². The first-order valence-corrected chi connectivity index (χ1v) is 27.4. The van der Waals surface area contributed by atoms with E-state index in [2.05, 4.69) is 117 Å². The molecule has 0 spiro atoms. The molecule has 0 radical (unpaired) electrons. The molecule has 0 rings (SSSR count). The molecule has 0 aromatic rings. The normalized spacial score (nSPS) is 14.1. The SMILES string of the molecule is CC/C=C\C/C=C\C/C=C\C/C=C\C/C=C\C/C=C\C/C=C\C/C=C\C/C=C\CCCC(=O)OC(COC(=O)CCCCCCCCCCCCCCCCCC)COP(=O)(O)OCCN. The van der Waals surface area contributed by atoms with Gasteiger partial charge in [-0.05, 0) is 77.0 Å². The van der Waals surface area contributed by atoms with Crippen LogP contribution >= 0.6 is 7.82 Å². The van der Waals surface area contributed by atoms with Crippen molar-refractivity contribution in [1.29, 1.82) is 0 Å². The molecule has 0 aromatic carbocycles. The molecule has 0 aliphatic heterocycles. The van der Waals surface area contributed by atoms with E-state index in [1.165, 1.54) is 83.5 Å². The van der Waals surface area contributed by atoms with Gasteiger partial charge in [0.05, 0.1) is 13.2 Å². The molecule has 0 aromatic heterocycles. The molecule has 0 aliphatic rings. The van der Waals surface area contributed by atoms with Gasteiger partial charge < -0.3 is 20.1 Å². The fourth-order valence-corrected chi connectivity index (χ4v) is 7.40. The quantitative estimate of drug-likeness (QED) is 0.0265. The van der Waals surface area contributed by atoms with Crippen molar-refractivity contribution >= 4 is 19.8 Å². The fraction of sp³-hybridized carbons (Fsp3) is 0.643.